The summed E-state index contributed by atoms with van der Waals surface area (Å²) in [5.74, 6) is -1.81. The SMILES string of the molecule is c1ccc(-c2c3cc4c(cc3c(-c3ccccc3)c3cc5c(cc23)C2(OCCO2)c2ccccc2-5)C2(OCCO2)c2ccccc2-4)cc1. The topological polar surface area (TPSA) is 36.9 Å². The average Bonchev–Trinajstić information content (AvgIpc) is 3.94. The number of rotatable bonds is 2. The van der Waals surface area contributed by atoms with E-state index in [-0.39, 0.29) is 0 Å². The van der Waals surface area contributed by atoms with E-state index in [1.54, 1.807) is 0 Å². The first-order chi connectivity index (χ1) is 23.8. The first kappa shape index (κ1) is 26.9. The van der Waals surface area contributed by atoms with Gasteiger partial charge in [0, 0.05) is 22.3 Å². The highest BCUT2D eigenvalue weighted by Gasteiger charge is 2.50. The molecule has 48 heavy (non-hydrogen) atoms. The second kappa shape index (κ2) is 9.72. The van der Waals surface area contributed by atoms with Crippen LogP contribution in [-0.4, -0.2) is 26.4 Å². The molecule has 4 nitrogen and oxygen atoms in total. The minimum Gasteiger partial charge on any atom is -0.340 e. The molecule has 2 aliphatic heterocycles. The molecule has 230 valence electrons. The minimum absolute atomic E-state index is 0.557. The lowest BCUT2D eigenvalue weighted by Crippen LogP contribution is -2.26. The first-order valence-electron chi connectivity index (χ1n) is 16.8. The van der Waals surface area contributed by atoms with E-state index < -0.39 is 11.6 Å². The molecule has 2 heterocycles. The molecule has 2 aliphatic carbocycles. The third kappa shape index (κ3) is 3.37. The monoisotopic (exact) mass is 622 g/mol. The lowest BCUT2D eigenvalue weighted by Gasteiger charge is -2.27. The molecule has 0 saturated carbocycles. The van der Waals surface area contributed by atoms with Crippen LogP contribution in [0.15, 0.2) is 133 Å². The van der Waals surface area contributed by atoms with Crippen molar-refractivity contribution in [2.24, 2.45) is 0 Å². The van der Waals surface area contributed by atoms with Crippen LogP contribution in [0.5, 0.6) is 0 Å². The highest BCUT2D eigenvalue weighted by molar-refractivity contribution is 6.23. The van der Waals surface area contributed by atoms with E-state index in [0.29, 0.717) is 26.4 Å². The summed E-state index contributed by atoms with van der Waals surface area (Å²) in [6, 6.07) is 48.2. The fraction of sp³-hybridized carbons (Fsp3) is 0.136. The fourth-order valence-corrected chi connectivity index (χ4v) is 8.89. The van der Waals surface area contributed by atoms with Crippen LogP contribution in [0.1, 0.15) is 22.3 Å². The first-order valence-corrected chi connectivity index (χ1v) is 16.8. The molecule has 0 bridgehead atoms. The Kier molecular flexibility index (Phi) is 5.45. The van der Waals surface area contributed by atoms with Gasteiger partial charge in [-0.25, -0.2) is 0 Å². The van der Waals surface area contributed by atoms with Crippen LogP contribution in [0.4, 0.5) is 0 Å². The second-order valence-electron chi connectivity index (χ2n) is 13.1. The summed E-state index contributed by atoms with van der Waals surface area (Å²) in [5.41, 5.74) is 13.7. The standard InChI is InChI=1S/C44H30O4/c1-3-11-27(12-4-1)41-33-23-31-29-15-7-9-17-37(29)44(47-21-22-48-44)40(31)26-36(33)42(28-13-5-2-6-14-28)34-24-32-30-16-8-10-18-38(30)43(45-19-20-46-43)39(32)25-35(34)41/h1-18,23-26H,19-22H2. The van der Waals surface area contributed by atoms with Gasteiger partial charge in [-0.05, 0) is 90.3 Å². The summed E-state index contributed by atoms with van der Waals surface area (Å²) < 4.78 is 26.2. The van der Waals surface area contributed by atoms with Crippen molar-refractivity contribution in [2.75, 3.05) is 26.4 Å². The van der Waals surface area contributed by atoms with Gasteiger partial charge < -0.3 is 18.9 Å². The van der Waals surface area contributed by atoms with Gasteiger partial charge in [-0.3, -0.25) is 0 Å². The zero-order valence-corrected chi connectivity index (χ0v) is 26.2. The molecule has 7 aromatic rings. The number of ether oxygens (including phenoxy) is 4. The van der Waals surface area contributed by atoms with Crippen molar-refractivity contribution in [3.05, 3.63) is 156 Å². The average molecular weight is 623 g/mol. The summed E-state index contributed by atoms with van der Waals surface area (Å²) in [7, 11) is 0. The predicted molar refractivity (Wildman–Crippen MR) is 189 cm³/mol. The Labute approximate surface area is 278 Å². The molecule has 2 saturated heterocycles. The summed E-state index contributed by atoms with van der Waals surface area (Å²) >= 11 is 0. The van der Waals surface area contributed by atoms with Crippen LogP contribution in [0.3, 0.4) is 0 Å². The molecule has 0 aromatic heterocycles. The Morgan fingerprint density at radius 1 is 0.333 bits per heavy atom. The lowest BCUT2D eigenvalue weighted by atomic mass is 9.82. The summed E-state index contributed by atoms with van der Waals surface area (Å²) in [6.07, 6.45) is 0. The smallest absolute Gasteiger partial charge is 0.223 e. The fourth-order valence-electron chi connectivity index (χ4n) is 8.89. The Morgan fingerprint density at radius 3 is 1.10 bits per heavy atom. The molecular weight excluding hydrogens is 592 g/mol. The van der Waals surface area contributed by atoms with E-state index in [2.05, 4.69) is 133 Å². The van der Waals surface area contributed by atoms with Gasteiger partial charge in [0.2, 0.25) is 11.6 Å². The Hall–Kier alpha value is -5.10. The van der Waals surface area contributed by atoms with Crippen LogP contribution < -0.4 is 0 Å². The molecule has 2 spiro atoms. The molecule has 11 rings (SSSR count). The molecule has 7 aromatic carbocycles. The minimum atomic E-state index is -0.906. The number of hydrogen-bond donors (Lipinski definition) is 0. The zero-order valence-electron chi connectivity index (χ0n) is 26.2. The normalized spacial score (nSPS) is 17.7. The largest absolute Gasteiger partial charge is 0.340 e. The third-order valence-electron chi connectivity index (χ3n) is 10.8. The van der Waals surface area contributed by atoms with Crippen LogP contribution in [0.25, 0.3) is 66.1 Å². The van der Waals surface area contributed by atoms with Gasteiger partial charge in [-0.2, -0.15) is 0 Å². The van der Waals surface area contributed by atoms with Crippen LogP contribution in [0, 0.1) is 0 Å². The maximum Gasteiger partial charge on any atom is 0.223 e. The van der Waals surface area contributed by atoms with Gasteiger partial charge >= 0.3 is 0 Å². The van der Waals surface area contributed by atoms with Crippen molar-refractivity contribution in [2.45, 2.75) is 11.6 Å². The van der Waals surface area contributed by atoms with Crippen molar-refractivity contribution in [3.63, 3.8) is 0 Å². The molecule has 4 heteroatoms. The molecule has 0 amide bonds. The van der Waals surface area contributed by atoms with E-state index in [1.807, 2.05) is 0 Å². The van der Waals surface area contributed by atoms with Crippen molar-refractivity contribution < 1.29 is 18.9 Å². The quantitative estimate of drug-likeness (QED) is 0.180. The summed E-state index contributed by atoms with van der Waals surface area (Å²) in [6.45, 7) is 2.23. The van der Waals surface area contributed by atoms with Gasteiger partial charge in [0.25, 0.3) is 0 Å². The van der Waals surface area contributed by atoms with E-state index in [0.717, 1.165) is 44.5 Å². The highest BCUT2D eigenvalue weighted by atomic mass is 16.7. The maximum atomic E-state index is 6.55. The number of hydrogen-bond acceptors (Lipinski definition) is 4. The summed E-state index contributed by atoms with van der Waals surface area (Å²) in [4.78, 5) is 0. The van der Waals surface area contributed by atoms with E-state index in [1.165, 1.54) is 43.8 Å². The molecule has 0 unspecified atom stereocenters. The Balaban J connectivity index is 1.35. The van der Waals surface area contributed by atoms with Crippen LogP contribution in [0.2, 0.25) is 0 Å². The van der Waals surface area contributed by atoms with Crippen LogP contribution in [-0.2, 0) is 30.5 Å². The second-order valence-corrected chi connectivity index (χ2v) is 13.1. The number of benzene rings is 7. The maximum absolute atomic E-state index is 6.55. The van der Waals surface area contributed by atoms with Gasteiger partial charge in [0.15, 0.2) is 0 Å². The van der Waals surface area contributed by atoms with Gasteiger partial charge in [-0.1, -0.05) is 109 Å². The zero-order chi connectivity index (χ0) is 31.5. The van der Waals surface area contributed by atoms with Crippen molar-refractivity contribution in [1.29, 1.82) is 0 Å². The molecular formula is C44H30O4. The molecule has 4 aliphatic rings. The summed E-state index contributed by atoms with van der Waals surface area (Å²) in [5, 5.41) is 4.72. The predicted octanol–water partition coefficient (Wildman–Crippen LogP) is 9.78. The highest BCUT2D eigenvalue weighted by Crippen LogP contribution is 2.58. The molecule has 0 radical (unpaired) electrons. The van der Waals surface area contributed by atoms with Gasteiger partial charge in [0.1, 0.15) is 0 Å². The molecule has 0 N–H and O–H groups in total. The van der Waals surface area contributed by atoms with Gasteiger partial charge in [-0.15, -0.1) is 0 Å². The van der Waals surface area contributed by atoms with Gasteiger partial charge in [0.05, 0.1) is 26.4 Å². The lowest BCUT2D eigenvalue weighted by molar-refractivity contribution is -0.126. The molecule has 2 fully saturated rings. The van der Waals surface area contributed by atoms with Crippen molar-refractivity contribution in [3.8, 4) is 44.5 Å². The third-order valence-corrected chi connectivity index (χ3v) is 10.8. The van der Waals surface area contributed by atoms with Crippen molar-refractivity contribution in [1.82, 2.24) is 0 Å². The molecule has 0 atom stereocenters. The van der Waals surface area contributed by atoms with Crippen LogP contribution >= 0.6 is 0 Å². The Bertz CT molecular complexity index is 2280. The number of fused-ring (bicyclic) bond motifs is 12. The van der Waals surface area contributed by atoms with E-state index in [4.69, 9.17) is 18.9 Å². The van der Waals surface area contributed by atoms with E-state index in [9.17, 15) is 0 Å². The van der Waals surface area contributed by atoms with E-state index >= 15 is 0 Å². The Morgan fingerprint density at radius 2 is 0.688 bits per heavy atom. The van der Waals surface area contributed by atoms with Crippen molar-refractivity contribution >= 4 is 21.5 Å².